The van der Waals surface area contributed by atoms with Crippen molar-refractivity contribution in [1.82, 2.24) is 9.88 Å². The number of carbonyl (C=O) groups is 1. The molecule has 1 saturated heterocycles. The normalized spacial score (nSPS) is 30.0. The number of rotatable bonds is 1. The Morgan fingerprint density at radius 2 is 1.97 bits per heavy atom. The molecule has 3 N–H and O–H groups in total. The molecule has 7 heteroatoms. The molecule has 1 fully saturated rings. The summed E-state index contributed by atoms with van der Waals surface area (Å²) in [5.74, 6) is -0.575. The van der Waals surface area contributed by atoms with Gasteiger partial charge in [-0.05, 0) is 49.7 Å². The van der Waals surface area contributed by atoms with Gasteiger partial charge in [0, 0.05) is 23.4 Å². The molecule has 2 aliphatic heterocycles. The van der Waals surface area contributed by atoms with Crippen molar-refractivity contribution in [3.8, 4) is 11.5 Å². The van der Waals surface area contributed by atoms with E-state index in [4.69, 9.17) is 9.72 Å². The van der Waals surface area contributed by atoms with Crippen LogP contribution < -0.4 is 4.74 Å². The lowest BCUT2D eigenvalue weighted by Gasteiger charge is -2.62. The van der Waals surface area contributed by atoms with E-state index in [0.29, 0.717) is 40.8 Å². The first-order valence-electron chi connectivity index (χ1n) is 12.0. The second kappa shape index (κ2) is 6.93. The monoisotopic (exact) mass is 460 g/mol. The number of hydrogen-bond donors (Lipinski definition) is 3. The summed E-state index contributed by atoms with van der Waals surface area (Å²) in [6, 6.07) is 10.6. The fourth-order valence-electron chi connectivity index (χ4n) is 7.10. The lowest BCUT2D eigenvalue weighted by molar-refractivity contribution is -0.168. The van der Waals surface area contributed by atoms with Crippen LogP contribution in [0.4, 0.5) is 0 Å². The minimum atomic E-state index is -1.24. The van der Waals surface area contributed by atoms with E-state index in [1.807, 2.05) is 39.1 Å². The third-order valence-corrected chi connectivity index (χ3v) is 8.41. The number of fused-ring (bicyclic) bond motifs is 3. The maximum atomic E-state index is 12.5. The minimum Gasteiger partial charge on any atom is -0.504 e. The van der Waals surface area contributed by atoms with Crippen molar-refractivity contribution < 1.29 is 24.9 Å². The molecule has 7 nitrogen and oxygen atoms in total. The van der Waals surface area contributed by atoms with Crippen LogP contribution in [0.5, 0.6) is 11.5 Å². The van der Waals surface area contributed by atoms with E-state index in [-0.39, 0.29) is 23.8 Å². The Morgan fingerprint density at radius 3 is 2.74 bits per heavy atom. The maximum absolute atomic E-state index is 12.5. The molecule has 2 unspecified atom stereocenters. The number of para-hydroxylation sites is 1. The van der Waals surface area contributed by atoms with Crippen LogP contribution in [0.15, 0.2) is 36.4 Å². The molecule has 0 saturated carbocycles. The average Bonchev–Trinajstić information content (AvgIpc) is 3.18. The van der Waals surface area contributed by atoms with Gasteiger partial charge in [-0.25, -0.2) is 9.78 Å². The van der Waals surface area contributed by atoms with Gasteiger partial charge in [0.25, 0.3) is 0 Å². The summed E-state index contributed by atoms with van der Waals surface area (Å²) in [5.41, 5.74) is 1.82. The summed E-state index contributed by atoms with van der Waals surface area (Å²) in [6.45, 7) is 4.77. The summed E-state index contributed by atoms with van der Waals surface area (Å²) < 4.78 is 6.44. The van der Waals surface area contributed by atoms with Crippen LogP contribution in [0.3, 0.4) is 0 Å². The first-order valence-corrected chi connectivity index (χ1v) is 12.0. The van der Waals surface area contributed by atoms with Crippen LogP contribution in [0.25, 0.3) is 10.9 Å². The second-order valence-corrected chi connectivity index (χ2v) is 9.64. The molecule has 34 heavy (non-hydrogen) atoms. The van der Waals surface area contributed by atoms with Crippen molar-refractivity contribution in [1.29, 1.82) is 0 Å². The van der Waals surface area contributed by atoms with Crippen LogP contribution in [0, 0.1) is 0 Å². The van der Waals surface area contributed by atoms with E-state index in [9.17, 15) is 20.1 Å². The van der Waals surface area contributed by atoms with Crippen LogP contribution in [-0.4, -0.2) is 56.4 Å². The van der Waals surface area contributed by atoms with Gasteiger partial charge in [0.15, 0.2) is 17.6 Å². The van der Waals surface area contributed by atoms with Crippen molar-refractivity contribution in [3.05, 3.63) is 64.3 Å². The zero-order valence-corrected chi connectivity index (χ0v) is 19.5. The zero-order valence-electron chi connectivity index (χ0n) is 19.5. The number of nitrogens with zero attached hydrogens (tertiary/aromatic N) is 2. The SMILES string of the molecule is CC.CN1CC[C@]23c4c5ccc(O)c4OC2c2nc4ccccc4c(C(=O)O)c2CC3(O)[C@H]1C5. The van der Waals surface area contributed by atoms with Gasteiger partial charge in [0.05, 0.1) is 27.8 Å². The number of aromatic hydroxyl groups is 1. The number of aromatic nitrogens is 1. The van der Waals surface area contributed by atoms with Crippen molar-refractivity contribution in [2.24, 2.45) is 0 Å². The Labute approximate surface area is 197 Å². The minimum absolute atomic E-state index is 0.0491. The molecule has 2 aromatic carbocycles. The standard InChI is InChI=1S/C25H22N2O5.C2H6/c1-27-9-8-24-19-12-6-7-16(28)21(19)32-22(24)20-14(11-25(24,31)17(27)10-12)18(23(29)30)13-4-2-3-5-15(13)26-20;1-2/h2-7,17,22,28,31H,8-11H2,1H3,(H,29,30);1-2H3/t17-,22?,24+,25?;/m1./s1. The Balaban J connectivity index is 0.00000106. The molecule has 3 heterocycles. The molecule has 3 aromatic rings. The molecule has 0 radical (unpaired) electrons. The van der Waals surface area contributed by atoms with Gasteiger partial charge in [-0.3, -0.25) is 0 Å². The van der Waals surface area contributed by atoms with E-state index in [1.165, 1.54) is 0 Å². The van der Waals surface area contributed by atoms with Gasteiger partial charge < -0.3 is 25.0 Å². The van der Waals surface area contributed by atoms with Gasteiger partial charge in [-0.2, -0.15) is 0 Å². The third-order valence-electron chi connectivity index (χ3n) is 8.41. The molecule has 176 valence electrons. The number of aliphatic hydroxyl groups is 1. The number of phenolic OH excluding ortho intramolecular Hbond substituents is 1. The molecular weight excluding hydrogens is 432 g/mol. The van der Waals surface area contributed by atoms with E-state index in [0.717, 1.165) is 17.7 Å². The number of hydrogen-bond acceptors (Lipinski definition) is 6. The second-order valence-electron chi connectivity index (χ2n) is 9.64. The first-order chi connectivity index (χ1) is 16.4. The summed E-state index contributed by atoms with van der Waals surface area (Å²) in [7, 11) is 2.01. The number of likely N-dealkylation sites (tertiary alicyclic amines) is 1. The largest absolute Gasteiger partial charge is 0.504 e. The summed E-state index contributed by atoms with van der Waals surface area (Å²) in [6.07, 6.45) is 0.788. The molecule has 4 atom stereocenters. The molecule has 1 spiro atoms. The smallest absolute Gasteiger partial charge is 0.336 e. The topological polar surface area (TPSA) is 103 Å². The van der Waals surface area contributed by atoms with Crippen LogP contribution in [0.2, 0.25) is 0 Å². The van der Waals surface area contributed by atoms with E-state index < -0.39 is 23.1 Å². The fraction of sp³-hybridized carbons (Fsp3) is 0.407. The zero-order chi connectivity index (χ0) is 24.0. The average molecular weight is 461 g/mol. The van der Waals surface area contributed by atoms with E-state index in [2.05, 4.69) is 4.90 Å². The summed E-state index contributed by atoms with van der Waals surface area (Å²) in [5, 5.41) is 33.9. The number of likely N-dealkylation sites (N-methyl/N-ethyl adjacent to an activating group) is 1. The Bertz CT molecular complexity index is 1370. The Kier molecular flexibility index (Phi) is 4.36. The number of phenols is 1. The van der Waals surface area contributed by atoms with Gasteiger partial charge >= 0.3 is 5.97 Å². The molecule has 7 rings (SSSR count). The third kappa shape index (κ3) is 2.29. The molecule has 0 amide bonds. The van der Waals surface area contributed by atoms with Crippen LogP contribution in [-0.2, 0) is 18.3 Å². The predicted octanol–water partition coefficient (Wildman–Crippen LogP) is 3.58. The number of benzene rings is 2. The molecule has 2 bridgehead atoms. The predicted molar refractivity (Wildman–Crippen MR) is 127 cm³/mol. The highest BCUT2D eigenvalue weighted by Gasteiger charge is 2.72. The lowest BCUT2D eigenvalue weighted by atomic mass is 9.48. The van der Waals surface area contributed by atoms with Gasteiger partial charge in [-0.15, -0.1) is 0 Å². The van der Waals surface area contributed by atoms with E-state index in [1.54, 1.807) is 18.2 Å². The number of pyridine rings is 1. The van der Waals surface area contributed by atoms with Gasteiger partial charge in [0.1, 0.15) is 0 Å². The Hall–Kier alpha value is -3.16. The molecule has 1 aromatic heterocycles. The van der Waals surface area contributed by atoms with E-state index >= 15 is 0 Å². The highest BCUT2D eigenvalue weighted by Crippen LogP contribution is 2.68. The summed E-state index contributed by atoms with van der Waals surface area (Å²) >= 11 is 0. The number of aromatic carboxylic acids is 1. The number of carboxylic acid groups (broad SMARTS) is 1. The number of carboxylic acids is 1. The van der Waals surface area contributed by atoms with Crippen LogP contribution in [0.1, 0.15) is 59.1 Å². The highest BCUT2D eigenvalue weighted by atomic mass is 16.5. The van der Waals surface area contributed by atoms with Crippen molar-refractivity contribution >= 4 is 16.9 Å². The molecule has 2 aliphatic carbocycles. The molecular formula is C27H28N2O5. The van der Waals surface area contributed by atoms with Gasteiger partial charge in [0.2, 0.25) is 0 Å². The van der Waals surface area contributed by atoms with Crippen molar-refractivity contribution in [3.63, 3.8) is 0 Å². The summed E-state index contributed by atoms with van der Waals surface area (Å²) in [4.78, 5) is 19.5. The number of ether oxygens (including phenoxy) is 1. The quantitative estimate of drug-likeness (QED) is 0.510. The van der Waals surface area contributed by atoms with Crippen molar-refractivity contribution in [2.45, 2.75) is 56.3 Å². The van der Waals surface area contributed by atoms with Crippen LogP contribution >= 0.6 is 0 Å². The fourth-order valence-corrected chi connectivity index (χ4v) is 7.10. The first kappa shape index (κ1) is 21.4. The van der Waals surface area contributed by atoms with Gasteiger partial charge in [-0.1, -0.05) is 38.1 Å². The molecule has 4 aliphatic rings. The highest BCUT2D eigenvalue weighted by molar-refractivity contribution is 6.04. The number of piperidine rings is 1. The maximum Gasteiger partial charge on any atom is 0.336 e. The lowest BCUT2D eigenvalue weighted by Crippen LogP contribution is -2.74. The van der Waals surface area contributed by atoms with Crippen molar-refractivity contribution in [2.75, 3.05) is 13.6 Å². The Morgan fingerprint density at radius 1 is 1.21 bits per heavy atom.